The molecule has 0 bridgehead atoms. The highest BCUT2D eigenvalue weighted by atomic mass is 19.1. The van der Waals surface area contributed by atoms with Crippen LogP contribution in [0.2, 0.25) is 0 Å². The summed E-state index contributed by atoms with van der Waals surface area (Å²) in [5.74, 6) is 0. The minimum absolute atomic E-state index is 0.337. The largest absolute Gasteiger partial charge is 0.372 e. The molecule has 6 heteroatoms. The molecule has 2 unspecified atom stereocenters. The second-order valence-electron chi connectivity index (χ2n) is 7.25. The summed E-state index contributed by atoms with van der Waals surface area (Å²) in [7, 11) is 4.32. The quantitative estimate of drug-likeness (QED) is 0.402. The van der Waals surface area contributed by atoms with E-state index in [0.717, 1.165) is 32.7 Å². The van der Waals surface area contributed by atoms with Crippen LogP contribution in [0.1, 0.15) is 13.8 Å². The first-order valence-corrected chi connectivity index (χ1v) is 9.95. The van der Waals surface area contributed by atoms with Crippen molar-refractivity contribution in [2.45, 2.75) is 25.9 Å². The van der Waals surface area contributed by atoms with Crippen LogP contribution in [0.25, 0.3) is 0 Å². The Morgan fingerprint density at radius 1 is 1.28 bits per heavy atom. The molecule has 0 saturated carbocycles. The lowest BCUT2D eigenvalue weighted by molar-refractivity contribution is 0.00191. The van der Waals surface area contributed by atoms with Gasteiger partial charge in [0.2, 0.25) is 0 Å². The topological polar surface area (TPSA) is 25.3 Å². The fourth-order valence-corrected chi connectivity index (χ4v) is 3.64. The van der Waals surface area contributed by atoms with Gasteiger partial charge >= 0.3 is 0 Å². The second kappa shape index (κ2) is 13.0. The van der Waals surface area contributed by atoms with Gasteiger partial charge in [0.25, 0.3) is 0 Å². The van der Waals surface area contributed by atoms with Crippen LogP contribution in [-0.4, -0.2) is 92.1 Å². The Balaban J connectivity index is 0.000000527. The third-order valence-electron chi connectivity index (χ3n) is 5.19. The fraction of sp³-hybridized carbons (Fsp3) is 0.522. The Labute approximate surface area is 176 Å². The Hall–Kier alpha value is -2.36. The molecule has 3 rings (SSSR count). The number of alkyl halides is 1. The molecule has 0 N–H and O–H groups in total. The van der Waals surface area contributed by atoms with Gasteiger partial charge in [0.15, 0.2) is 0 Å². The van der Waals surface area contributed by atoms with Crippen molar-refractivity contribution in [3.8, 4) is 12.8 Å². The van der Waals surface area contributed by atoms with Crippen LogP contribution in [0, 0.1) is 12.8 Å². The van der Waals surface area contributed by atoms with Gasteiger partial charge < -0.3 is 9.91 Å². The Morgan fingerprint density at radius 2 is 2.00 bits per heavy atom. The van der Waals surface area contributed by atoms with Gasteiger partial charge in [-0.25, -0.2) is 9.40 Å². The minimum atomic E-state index is -0.337. The van der Waals surface area contributed by atoms with Crippen molar-refractivity contribution >= 4 is 6.72 Å². The summed E-state index contributed by atoms with van der Waals surface area (Å²) >= 11 is 0. The van der Waals surface area contributed by atoms with Gasteiger partial charge in [-0.3, -0.25) is 9.89 Å². The predicted octanol–water partition coefficient (Wildman–Crippen LogP) is 2.97. The summed E-state index contributed by atoms with van der Waals surface area (Å²) in [6.07, 6.45) is 20.3. The molecule has 1 saturated heterocycles. The molecular weight excluding hydrogens is 365 g/mol. The molecule has 0 spiro atoms. The van der Waals surface area contributed by atoms with E-state index >= 15 is 0 Å². The molecule has 3 aliphatic heterocycles. The number of hydrogen-bond donors (Lipinski definition) is 0. The first-order valence-electron chi connectivity index (χ1n) is 9.95. The van der Waals surface area contributed by atoms with E-state index in [9.17, 15) is 4.39 Å². The maximum atomic E-state index is 10.9. The van der Waals surface area contributed by atoms with Crippen LogP contribution < -0.4 is 0 Å². The molecule has 3 aliphatic rings. The van der Waals surface area contributed by atoms with Gasteiger partial charge in [0.05, 0.1) is 18.6 Å². The van der Waals surface area contributed by atoms with Crippen molar-refractivity contribution in [2.24, 2.45) is 4.99 Å². The number of nitrogens with zero attached hydrogens (tertiary/aromatic N) is 5. The van der Waals surface area contributed by atoms with Gasteiger partial charge in [-0.15, -0.1) is 12.8 Å². The SMILES string of the molecule is C#C.C/C=C\CF.C=NCC1C=C2CN(CC3C=CC(C)=CN3C)CCN2N1C. The fourth-order valence-electron chi connectivity index (χ4n) is 3.64. The third kappa shape index (κ3) is 7.19. The standard InChI is InChI=1S/C17H27N5.C4H7F.C2H2/c1-14-5-6-15(19(3)11-14)12-21-7-8-22-17(13-21)9-16(10-18-2)20(22)4;1-2-3-4-5;1-2/h5-6,9,11,15-16H,2,7-8,10,12-13H2,1,3-4H3;2-3H,4H2,1H3;1-2H/b;3-2-;. The molecule has 160 valence electrons. The molecule has 0 aromatic rings. The summed E-state index contributed by atoms with van der Waals surface area (Å²) in [5, 5.41) is 4.71. The van der Waals surface area contributed by atoms with Crippen LogP contribution in [-0.2, 0) is 0 Å². The van der Waals surface area contributed by atoms with Gasteiger partial charge in [-0.1, -0.05) is 24.3 Å². The highest BCUT2D eigenvalue weighted by Crippen LogP contribution is 2.25. The zero-order chi connectivity index (χ0) is 21.8. The van der Waals surface area contributed by atoms with E-state index in [1.807, 2.05) is 0 Å². The van der Waals surface area contributed by atoms with Crippen LogP contribution >= 0.6 is 0 Å². The average molecular weight is 402 g/mol. The van der Waals surface area contributed by atoms with Crippen molar-refractivity contribution in [1.29, 1.82) is 0 Å². The summed E-state index contributed by atoms with van der Waals surface area (Å²) < 4.78 is 10.9. The highest BCUT2D eigenvalue weighted by Gasteiger charge is 2.33. The molecular formula is C23H36FN5. The Bertz CT molecular complexity index is 649. The van der Waals surface area contributed by atoms with Gasteiger partial charge in [0, 0.05) is 52.2 Å². The third-order valence-corrected chi connectivity index (χ3v) is 5.19. The molecule has 0 aromatic carbocycles. The van der Waals surface area contributed by atoms with Crippen molar-refractivity contribution in [2.75, 3.05) is 53.5 Å². The first-order chi connectivity index (χ1) is 14.0. The second-order valence-corrected chi connectivity index (χ2v) is 7.25. The number of rotatable bonds is 5. The average Bonchev–Trinajstić information content (AvgIpc) is 3.02. The number of aliphatic imine (C=N–C) groups is 1. The number of likely N-dealkylation sites (N-methyl/N-ethyl adjacent to an activating group) is 2. The molecule has 0 amide bonds. The first kappa shape index (κ1) is 24.7. The van der Waals surface area contributed by atoms with Crippen molar-refractivity contribution in [1.82, 2.24) is 19.8 Å². The van der Waals surface area contributed by atoms with Crippen molar-refractivity contribution in [3.05, 3.63) is 47.9 Å². The molecule has 0 aromatic heterocycles. The summed E-state index contributed by atoms with van der Waals surface area (Å²) in [5.41, 5.74) is 2.74. The Morgan fingerprint density at radius 3 is 2.55 bits per heavy atom. The van der Waals surface area contributed by atoms with E-state index in [2.05, 4.69) is 89.8 Å². The van der Waals surface area contributed by atoms with E-state index in [0.29, 0.717) is 12.1 Å². The van der Waals surface area contributed by atoms with Crippen molar-refractivity contribution < 1.29 is 4.39 Å². The number of fused-ring (bicyclic) bond motifs is 1. The zero-order valence-electron chi connectivity index (χ0n) is 18.3. The maximum Gasteiger partial charge on any atom is 0.108 e. The lowest BCUT2D eigenvalue weighted by Crippen LogP contribution is -2.52. The maximum absolute atomic E-state index is 10.9. The number of hydrogen-bond acceptors (Lipinski definition) is 5. The number of terminal acetylenes is 1. The van der Waals surface area contributed by atoms with E-state index in [1.54, 1.807) is 13.0 Å². The van der Waals surface area contributed by atoms with Crippen LogP contribution in [0.5, 0.6) is 0 Å². The van der Waals surface area contributed by atoms with E-state index < -0.39 is 0 Å². The normalized spacial score (nSPS) is 24.1. The highest BCUT2D eigenvalue weighted by molar-refractivity contribution is 5.25. The van der Waals surface area contributed by atoms with Crippen LogP contribution in [0.3, 0.4) is 0 Å². The molecule has 0 aliphatic carbocycles. The predicted molar refractivity (Wildman–Crippen MR) is 122 cm³/mol. The number of allylic oxidation sites excluding steroid dienone is 4. The molecule has 1 fully saturated rings. The van der Waals surface area contributed by atoms with Gasteiger partial charge in [-0.05, 0) is 32.2 Å². The lowest BCUT2D eigenvalue weighted by Gasteiger charge is -2.41. The van der Waals surface area contributed by atoms with Crippen LogP contribution in [0.15, 0.2) is 52.8 Å². The van der Waals surface area contributed by atoms with E-state index in [-0.39, 0.29) is 6.67 Å². The number of halogens is 1. The van der Waals surface area contributed by atoms with Crippen LogP contribution in [0.4, 0.5) is 4.39 Å². The summed E-state index contributed by atoms with van der Waals surface area (Å²) in [6.45, 7) is 12.3. The molecule has 3 heterocycles. The van der Waals surface area contributed by atoms with Gasteiger partial charge in [-0.2, -0.15) is 0 Å². The summed E-state index contributed by atoms with van der Waals surface area (Å²) in [6, 6.07) is 0.843. The smallest absolute Gasteiger partial charge is 0.108 e. The monoisotopic (exact) mass is 401 g/mol. The Kier molecular flexibility index (Phi) is 11.0. The van der Waals surface area contributed by atoms with Crippen molar-refractivity contribution in [3.63, 3.8) is 0 Å². The number of hydrazine groups is 1. The molecule has 0 radical (unpaired) electrons. The van der Waals surface area contributed by atoms with Gasteiger partial charge in [0.1, 0.15) is 6.67 Å². The van der Waals surface area contributed by atoms with E-state index in [4.69, 9.17) is 0 Å². The lowest BCUT2D eigenvalue weighted by atomic mass is 10.1. The zero-order valence-corrected chi connectivity index (χ0v) is 18.3. The van der Waals surface area contributed by atoms with E-state index in [1.165, 1.54) is 17.3 Å². The minimum Gasteiger partial charge on any atom is -0.372 e. The summed E-state index contributed by atoms with van der Waals surface area (Å²) in [4.78, 5) is 8.93. The molecule has 29 heavy (non-hydrogen) atoms. The molecule has 2 atom stereocenters. The number of piperazine rings is 1. The molecule has 5 nitrogen and oxygen atoms in total.